The third-order valence-corrected chi connectivity index (χ3v) is 4.13. The molecule has 0 fully saturated rings. The number of amides is 1. The van der Waals surface area contributed by atoms with Crippen molar-refractivity contribution >= 4 is 17.5 Å². The Morgan fingerprint density at radius 2 is 1.89 bits per heavy atom. The van der Waals surface area contributed by atoms with Crippen LogP contribution in [0.5, 0.6) is 0 Å². The number of carbonyl (C=O) groups excluding carboxylic acids is 1. The lowest BCUT2D eigenvalue weighted by Gasteiger charge is -2.36. The molecule has 3 heteroatoms. The van der Waals surface area contributed by atoms with Gasteiger partial charge in [-0.05, 0) is 25.8 Å². The third kappa shape index (κ3) is 3.26. The largest absolute Gasteiger partial charge is 0.339 e. The first-order chi connectivity index (χ1) is 8.44. The van der Waals surface area contributed by atoms with Crippen LogP contribution in [-0.2, 0) is 4.79 Å². The summed E-state index contributed by atoms with van der Waals surface area (Å²) in [5.74, 6) is 0.480. The van der Waals surface area contributed by atoms with Gasteiger partial charge in [-0.2, -0.15) is 0 Å². The Balaban J connectivity index is 2.94. The third-order valence-electron chi connectivity index (χ3n) is 3.47. The molecule has 18 heavy (non-hydrogen) atoms. The van der Waals surface area contributed by atoms with Crippen LogP contribution in [-0.4, -0.2) is 29.3 Å². The fourth-order valence-corrected chi connectivity index (χ4v) is 2.04. The van der Waals surface area contributed by atoms with Crippen LogP contribution in [0.1, 0.15) is 38.7 Å². The smallest absolute Gasteiger partial charge is 0.230 e. The predicted octanol–water partition coefficient (Wildman–Crippen LogP) is 3.66. The number of benzene rings is 1. The molecular weight excluding hydrogens is 246 g/mol. The van der Waals surface area contributed by atoms with E-state index < -0.39 is 0 Å². The van der Waals surface area contributed by atoms with E-state index in [9.17, 15) is 4.79 Å². The van der Waals surface area contributed by atoms with Gasteiger partial charge in [0.1, 0.15) is 0 Å². The Bertz CT molecular complexity index is 389. The maximum Gasteiger partial charge on any atom is 0.230 e. The van der Waals surface area contributed by atoms with E-state index in [-0.39, 0.29) is 17.4 Å². The summed E-state index contributed by atoms with van der Waals surface area (Å²) in [7, 11) is 1.83. The van der Waals surface area contributed by atoms with Crippen molar-refractivity contribution in [3.8, 4) is 0 Å². The molecule has 100 valence electrons. The molecule has 0 aliphatic heterocycles. The van der Waals surface area contributed by atoms with Crippen molar-refractivity contribution < 1.29 is 4.79 Å². The van der Waals surface area contributed by atoms with Gasteiger partial charge in [0.25, 0.3) is 0 Å². The van der Waals surface area contributed by atoms with Gasteiger partial charge in [-0.3, -0.25) is 4.79 Å². The van der Waals surface area contributed by atoms with Gasteiger partial charge < -0.3 is 4.90 Å². The van der Waals surface area contributed by atoms with Crippen LogP contribution >= 0.6 is 11.6 Å². The van der Waals surface area contributed by atoms with E-state index in [0.29, 0.717) is 5.88 Å². The van der Waals surface area contributed by atoms with E-state index in [1.54, 1.807) is 4.90 Å². The zero-order valence-corrected chi connectivity index (χ0v) is 12.4. The molecule has 1 aromatic carbocycles. The molecule has 1 rings (SSSR count). The molecule has 1 atom stereocenters. The van der Waals surface area contributed by atoms with Gasteiger partial charge in [0.2, 0.25) is 5.91 Å². The van der Waals surface area contributed by atoms with Gasteiger partial charge in [0.05, 0.1) is 11.5 Å². The summed E-state index contributed by atoms with van der Waals surface area (Å²) in [5, 5.41) is 0. The van der Waals surface area contributed by atoms with Crippen molar-refractivity contribution in [3.05, 3.63) is 35.9 Å². The molecule has 0 radical (unpaired) electrons. The number of hydrogen-bond acceptors (Lipinski definition) is 1. The molecule has 0 saturated heterocycles. The topological polar surface area (TPSA) is 20.3 Å². The SMILES string of the molecule is CCC(C(=O)N(C)C(C)(C)CCl)c1ccccc1. The summed E-state index contributed by atoms with van der Waals surface area (Å²) in [5.41, 5.74) is 0.753. The molecule has 0 aliphatic rings. The second kappa shape index (κ2) is 6.24. The molecule has 2 nitrogen and oxygen atoms in total. The van der Waals surface area contributed by atoms with Crippen LogP contribution < -0.4 is 0 Å². The van der Waals surface area contributed by atoms with E-state index in [1.165, 1.54) is 0 Å². The van der Waals surface area contributed by atoms with Crippen LogP contribution in [0.25, 0.3) is 0 Å². The molecule has 0 aromatic heterocycles. The van der Waals surface area contributed by atoms with E-state index >= 15 is 0 Å². The van der Waals surface area contributed by atoms with Gasteiger partial charge in [-0.1, -0.05) is 37.3 Å². The minimum Gasteiger partial charge on any atom is -0.339 e. The molecule has 1 aromatic rings. The summed E-state index contributed by atoms with van der Waals surface area (Å²) in [6.45, 7) is 6.00. The average Bonchev–Trinajstić information content (AvgIpc) is 2.39. The maximum atomic E-state index is 12.5. The van der Waals surface area contributed by atoms with E-state index in [0.717, 1.165) is 12.0 Å². The number of nitrogens with zero attached hydrogens (tertiary/aromatic N) is 1. The average molecular weight is 268 g/mol. The number of alkyl halides is 1. The summed E-state index contributed by atoms with van der Waals surface area (Å²) in [4.78, 5) is 14.3. The van der Waals surface area contributed by atoms with Crippen LogP contribution in [0, 0.1) is 0 Å². The van der Waals surface area contributed by atoms with Crippen molar-refractivity contribution in [3.63, 3.8) is 0 Å². The molecule has 1 unspecified atom stereocenters. The van der Waals surface area contributed by atoms with Crippen LogP contribution in [0.15, 0.2) is 30.3 Å². The zero-order chi connectivity index (χ0) is 13.8. The van der Waals surface area contributed by atoms with Crippen molar-refractivity contribution in [2.45, 2.75) is 38.6 Å². The summed E-state index contributed by atoms with van der Waals surface area (Å²) in [6.07, 6.45) is 0.797. The number of halogens is 1. The Morgan fingerprint density at radius 3 is 2.33 bits per heavy atom. The first-order valence-corrected chi connectivity index (χ1v) is 6.86. The highest BCUT2D eigenvalue weighted by Gasteiger charge is 2.31. The Morgan fingerprint density at radius 1 is 1.33 bits per heavy atom. The van der Waals surface area contributed by atoms with Crippen molar-refractivity contribution in [1.82, 2.24) is 4.90 Å². The number of carbonyl (C=O) groups is 1. The minimum absolute atomic E-state index is 0.0845. The highest BCUT2D eigenvalue weighted by Crippen LogP contribution is 2.25. The Hall–Kier alpha value is -1.02. The number of rotatable bonds is 5. The maximum absolute atomic E-state index is 12.5. The number of likely N-dealkylation sites (N-methyl/N-ethyl adjacent to an activating group) is 1. The first-order valence-electron chi connectivity index (χ1n) is 6.32. The zero-order valence-electron chi connectivity index (χ0n) is 11.6. The highest BCUT2D eigenvalue weighted by molar-refractivity contribution is 6.18. The normalized spacial score (nSPS) is 13.2. The minimum atomic E-state index is -0.319. The lowest BCUT2D eigenvalue weighted by atomic mass is 9.93. The van der Waals surface area contributed by atoms with Gasteiger partial charge in [0, 0.05) is 12.9 Å². The summed E-state index contributed by atoms with van der Waals surface area (Å²) in [6, 6.07) is 9.92. The fraction of sp³-hybridized carbons (Fsp3) is 0.533. The standard InChI is InChI=1S/C15H22ClNO/c1-5-13(12-9-7-6-8-10-12)14(18)17(4)15(2,3)11-16/h6-10,13H,5,11H2,1-4H3. The lowest BCUT2D eigenvalue weighted by molar-refractivity contribution is -0.135. The Labute approximate surface area is 115 Å². The van der Waals surface area contributed by atoms with Gasteiger partial charge >= 0.3 is 0 Å². The second-order valence-electron chi connectivity index (χ2n) is 5.21. The van der Waals surface area contributed by atoms with Crippen molar-refractivity contribution in [2.75, 3.05) is 12.9 Å². The molecule has 0 spiro atoms. The van der Waals surface area contributed by atoms with Crippen LogP contribution in [0.4, 0.5) is 0 Å². The fourth-order valence-electron chi connectivity index (χ4n) is 1.86. The molecule has 0 saturated carbocycles. The first kappa shape index (κ1) is 15.0. The predicted molar refractivity (Wildman–Crippen MR) is 77.0 cm³/mol. The van der Waals surface area contributed by atoms with E-state index in [1.807, 2.05) is 58.2 Å². The number of hydrogen-bond donors (Lipinski definition) is 0. The van der Waals surface area contributed by atoms with Gasteiger partial charge in [-0.15, -0.1) is 11.6 Å². The molecule has 0 bridgehead atoms. The van der Waals surface area contributed by atoms with Crippen LogP contribution in [0.3, 0.4) is 0 Å². The van der Waals surface area contributed by atoms with E-state index in [4.69, 9.17) is 11.6 Å². The van der Waals surface area contributed by atoms with Crippen molar-refractivity contribution in [2.24, 2.45) is 0 Å². The van der Waals surface area contributed by atoms with Crippen LogP contribution in [0.2, 0.25) is 0 Å². The van der Waals surface area contributed by atoms with Gasteiger partial charge in [0.15, 0.2) is 0 Å². The molecule has 0 heterocycles. The molecule has 0 N–H and O–H groups in total. The quantitative estimate of drug-likeness (QED) is 0.746. The van der Waals surface area contributed by atoms with Crippen molar-refractivity contribution in [1.29, 1.82) is 0 Å². The lowest BCUT2D eigenvalue weighted by Crippen LogP contribution is -2.48. The molecular formula is C15H22ClNO. The monoisotopic (exact) mass is 267 g/mol. The second-order valence-corrected chi connectivity index (χ2v) is 5.48. The Kier molecular flexibility index (Phi) is 5.21. The summed E-state index contributed by atoms with van der Waals surface area (Å²) < 4.78 is 0. The highest BCUT2D eigenvalue weighted by atomic mass is 35.5. The summed E-state index contributed by atoms with van der Waals surface area (Å²) >= 11 is 5.93. The van der Waals surface area contributed by atoms with E-state index in [2.05, 4.69) is 0 Å². The van der Waals surface area contributed by atoms with Gasteiger partial charge in [-0.25, -0.2) is 0 Å². The molecule has 0 aliphatic carbocycles. The molecule has 1 amide bonds.